The van der Waals surface area contributed by atoms with Crippen molar-refractivity contribution in [2.24, 2.45) is 16.6 Å². The number of hydrogen-bond donors (Lipinski definition) is 2. The quantitative estimate of drug-likeness (QED) is 0.223. The number of guanidine groups is 1. The fraction of sp³-hybridized carbons (Fsp3) is 0.115. The van der Waals surface area contributed by atoms with Gasteiger partial charge in [0.25, 0.3) is 0 Å². The molecule has 1 aliphatic carbocycles. The highest BCUT2D eigenvalue weighted by molar-refractivity contribution is 7.80. The maximum absolute atomic E-state index is 12.3. The van der Waals surface area contributed by atoms with Gasteiger partial charge >= 0.3 is 0 Å². The summed E-state index contributed by atoms with van der Waals surface area (Å²) < 4.78 is 29.3. The molecule has 182 valence electrons. The molecular formula is C26H22N4O4S2. The van der Waals surface area contributed by atoms with Crippen LogP contribution in [0.2, 0.25) is 0 Å². The van der Waals surface area contributed by atoms with Crippen molar-refractivity contribution >= 4 is 55.0 Å². The minimum atomic E-state index is -2.64. The second-order valence-electron chi connectivity index (χ2n) is 7.84. The summed E-state index contributed by atoms with van der Waals surface area (Å²) in [5.74, 6) is -0.999. The average Bonchev–Trinajstić information content (AvgIpc) is 2.88. The van der Waals surface area contributed by atoms with Gasteiger partial charge < -0.3 is 10.5 Å². The van der Waals surface area contributed by atoms with Gasteiger partial charge in [0.05, 0.1) is 16.3 Å². The first kappa shape index (κ1) is 25.0. The monoisotopic (exact) mass is 518 g/mol. The van der Waals surface area contributed by atoms with E-state index in [0.717, 1.165) is 27.0 Å². The Labute approximate surface area is 214 Å². The molecule has 3 N–H and O–H groups in total. The number of thiocarbonyl (C=S) groups is 1. The van der Waals surface area contributed by atoms with Crippen LogP contribution in [0.5, 0.6) is 5.75 Å². The highest BCUT2D eigenvalue weighted by Gasteiger charge is 2.26. The Morgan fingerprint density at radius 3 is 2.61 bits per heavy atom. The minimum Gasteiger partial charge on any atom is -0.457 e. The molecule has 0 aliphatic heterocycles. The summed E-state index contributed by atoms with van der Waals surface area (Å²) in [5.41, 5.74) is 8.18. The van der Waals surface area contributed by atoms with Gasteiger partial charge in [0.1, 0.15) is 11.5 Å². The maximum Gasteiger partial charge on any atom is 0.239 e. The number of ether oxygens (including phenoxy) is 1. The summed E-state index contributed by atoms with van der Waals surface area (Å²) in [6.07, 6.45) is 4.79. The zero-order valence-corrected chi connectivity index (χ0v) is 20.8. The van der Waals surface area contributed by atoms with Crippen molar-refractivity contribution < 1.29 is 17.9 Å². The average molecular weight is 519 g/mol. The molecule has 2 aromatic carbocycles. The van der Waals surface area contributed by atoms with Crippen molar-refractivity contribution in [2.75, 3.05) is 7.05 Å². The molecule has 8 nitrogen and oxygen atoms in total. The molecule has 0 saturated heterocycles. The fourth-order valence-electron chi connectivity index (χ4n) is 3.57. The number of amides is 1. The number of benzene rings is 2. The highest BCUT2D eigenvalue weighted by Crippen LogP contribution is 2.21. The molecule has 36 heavy (non-hydrogen) atoms. The number of nitrogens with one attached hydrogen (secondary N) is 1. The maximum atomic E-state index is 12.3. The van der Waals surface area contributed by atoms with Crippen molar-refractivity contribution in [3.05, 3.63) is 95.9 Å². The molecule has 0 radical (unpaired) electrons. The van der Waals surface area contributed by atoms with E-state index in [0.29, 0.717) is 12.2 Å². The Morgan fingerprint density at radius 1 is 1.14 bits per heavy atom. The number of nitrogens with two attached hydrogens (primary N) is 1. The number of para-hydroxylation sites is 1. The minimum absolute atomic E-state index is 0.107. The molecule has 1 amide bonds. The number of hydrogen-bond acceptors (Lipinski definition) is 7. The Kier molecular flexibility index (Phi) is 7.67. The van der Waals surface area contributed by atoms with Gasteiger partial charge in [-0.15, -0.1) is 0 Å². The van der Waals surface area contributed by atoms with E-state index in [4.69, 9.17) is 22.7 Å². The van der Waals surface area contributed by atoms with E-state index in [-0.39, 0.29) is 16.6 Å². The van der Waals surface area contributed by atoms with E-state index in [1.165, 1.54) is 25.3 Å². The third-order valence-corrected chi connectivity index (χ3v) is 6.56. The number of aromatic nitrogens is 1. The van der Waals surface area contributed by atoms with Crippen LogP contribution in [0.3, 0.4) is 0 Å². The van der Waals surface area contributed by atoms with Gasteiger partial charge in [0.2, 0.25) is 16.2 Å². The van der Waals surface area contributed by atoms with Crippen LogP contribution in [0.25, 0.3) is 10.9 Å². The standard InChI is InChI=1S/C26H22N4O4S2/c1-28-26(27)30-25(31)21-13-12-20(15-24(21)36(32)33)34-19-10-7-17(8-11-19)23(35)14-18-9-6-16-4-2-3-5-22(16)29-18/h2-13,15,21H,14H2,1H3,(H3,27,28,30,31). The third kappa shape index (κ3) is 5.91. The first-order valence-electron chi connectivity index (χ1n) is 10.9. The lowest BCUT2D eigenvalue weighted by Gasteiger charge is -2.17. The van der Waals surface area contributed by atoms with Crippen molar-refractivity contribution in [1.29, 1.82) is 0 Å². The first-order chi connectivity index (χ1) is 17.3. The molecule has 4 rings (SSSR count). The molecule has 1 aromatic heterocycles. The fourth-order valence-corrected chi connectivity index (χ4v) is 4.46. The van der Waals surface area contributed by atoms with Gasteiger partial charge in [-0.1, -0.05) is 54.7 Å². The molecule has 1 heterocycles. The lowest BCUT2D eigenvalue weighted by atomic mass is 9.99. The Balaban J connectivity index is 1.44. The Bertz CT molecular complexity index is 1560. The van der Waals surface area contributed by atoms with E-state index >= 15 is 0 Å². The van der Waals surface area contributed by atoms with Crippen LogP contribution in [0.4, 0.5) is 0 Å². The van der Waals surface area contributed by atoms with Crippen LogP contribution in [0, 0.1) is 5.92 Å². The highest BCUT2D eigenvalue weighted by atomic mass is 32.2. The number of allylic oxidation sites excluding steroid dienone is 2. The van der Waals surface area contributed by atoms with Crippen LogP contribution in [0.1, 0.15) is 11.3 Å². The van der Waals surface area contributed by atoms with Crippen LogP contribution >= 0.6 is 12.2 Å². The van der Waals surface area contributed by atoms with Crippen LogP contribution < -0.4 is 15.8 Å². The summed E-state index contributed by atoms with van der Waals surface area (Å²) in [6, 6.07) is 19.1. The molecule has 10 heteroatoms. The van der Waals surface area contributed by atoms with E-state index in [1.54, 1.807) is 12.1 Å². The molecule has 0 saturated carbocycles. The molecule has 0 fully saturated rings. The third-order valence-electron chi connectivity index (χ3n) is 5.42. The molecule has 0 spiro atoms. The van der Waals surface area contributed by atoms with Gasteiger partial charge in [0, 0.05) is 35.5 Å². The smallest absolute Gasteiger partial charge is 0.239 e. The zero-order valence-electron chi connectivity index (χ0n) is 19.2. The van der Waals surface area contributed by atoms with Crippen LogP contribution in [0.15, 0.2) is 89.6 Å². The number of carbonyl (C=O) groups is 1. The summed E-state index contributed by atoms with van der Waals surface area (Å²) >= 11 is 5.62. The van der Waals surface area contributed by atoms with Gasteiger partial charge in [-0.25, -0.2) is 0 Å². The molecule has 3 aromatic rings. The van der Waals surface area contributed by atoms with Crippen molar-refractivity contribution in [2.45, 2.75) is 6.42 Å². The van der Waals surface area contributed by atoms with Gasteiger partial charge in [-0.3, -0.25) is 20.1 Å². The Morgan fingerprint density at radius 2 is 1.89 bits per heavy atom. The summed E-state index contributed by atoms with van der Waals surface area (Å²) in [4.78, 5) is 21.2. The van der Waals surface area contributed by atoms with E-state index in [1.807, 2.05) is 48.5 Å². The predicted molar refractivity (Wildman–Crippen MR) is 145 cm³/mol. The zero-order chi connectivity index (χ0) is 25.7. The predicted octanol–water partition coefficient (Wildman–Crippen LogP) is 2.76. The van der Waals surface area contributed by atoms with E-state index in [2.05, 4.69) is 15.3 Å². The van der Waals surface area contributed by atoms with Gasteiger partial charge in [-0.2, -0.15) is 8.42 Å². The second kappa shape index (κ2) is 11.1. The van der Waals surface area contributed by atoms with Crippen LogP contribution in [-0.2, 0) is 21.5 Å². The molecule has 1 unspecified atom stereocenters. The SMILES string of the molecule is CN=C(N)NC(=O)C1C=CC(Oc2ccc(C(=S)Cc3ccc4ccccc4n3)cc2)=CC1=S(=O)=O. The second-order valence-corrected chi connectivity index (χ2v) is 9.27. The Hall–Kier alpha value is -4.15. The summed E-state index contributed by atoms with van der Waals surface area (Å²) in [6.45, 7) is 0. The van der Waals surface area contributed by atoms with Crippen molar-refractivity contribution in [3.8, 4) is 5.75 Å². The number of nitrogens with zero attached hydrogens (tertiary/aromatic N) is 2. The molecular weight excluding hydrogens is 496 g/mol. The number of rotatable bonds is 6. The molecule has 0 bridgehead atoms. The van der Waals surface area contributed by atoms with Gasteiger partial charge in [-0.05, 0) is 35.9 Å². The number of pyridine rings is 1. The van der Waals surface area contributed by atoms with Crippen LogP contribution in [-0.4, -0.2) is 42.0 Å². The van der Waals surface area contributed by atoms with E-state index < -0.39 is 22.1 Å². The number of fused-ring (bicyclic) bond motifs is 1. The lowest BCUT2D eigenvalue weighted by Crippen LogP contribution is -2.42. The first-order valence-corrected chi connectivity index (χ1v) is 12.4. The lowest BCUT2D eigenvalue weighted by molar-refractivity contribution is -0.120. The molecule has 1 aliphatic rings. The van der Waals surface area contributed by atoms with E-state index in [9.17, 15) is 13.2 Å². The number of carbonyl (C=O) groups excluding carboxylic acids is 1. The topological polar surface area (TPSA) is 124 Å². The van der Waals surface area contributed by atoms with Crippen molar-refractivity contribution in [3.63, 3.8) is 0 Å². The summed E-state index contributed by atoms with van der Waals surface area (Å²) in [5, 5.41) is 3.42. The number of aliphatic imine (C=N–C) groups is 1. The summed E-state index contributed by atoms with van der Waals surface area (Å²) in [7, 11) is -1.23. The van der Waals surface area contributed by atoms with Gasteiger partial charge in [0.15, 0.2) is 5.96 Å². The van der Waals surface area contributed by atoms with Crippen molar-refractivity contribution in [1.82, 2.24) is 10.3 Å². The molecule has 1 atom stereocenters. The largest absolute Gasteiger partial charge is 0.457 e. The normalized spacial score (nSPS) is 15.4.